The van der Waals surface area contributed by atoms with Crippen molar-refractivity contribution in [3.8, 4) is 33.1 Å². The first-order chi connectivity index (χ1) is 14.4. The molecule has 6 aromatic heterocycles. The summed E-state index contributed by atoms with van der Waals surface area (Å²) in [6, 6.07) is 16.2. The maximum atomic E-state index is 4.86. The van der Waals surface area contributed by atoms with Gasteiger partial charge in [-0.05, 0) is 47.8 Å². The van der Waals surface area contributed by atoms with Crippen LogP contribution in [0, 0.1) is 0 Å². The van der Waals surface area contributed by atoms with Crippen LogP contribution in [0.1, 0.15) is 0 Å². The number of thiophene rings is 1. The largest absolute Gasteiger partial charge is 0.338 e. The number of hydrogen-bond acceptors (Lipinski definition) is 5. The highest BCUT2D eigenvalue weighted by Crippen LogP contribution is 2.34. The summed E-state index contributed by atoms with van der Waals surface area (Å²) in [5, 5.41) is 10.8. The van der Waals surface area contributed by atoms with Crippen LogP contribution in [0.3, 0.4) is 0 Å². The number of H-pyrrole nitrogens is 2. The molecule has 6 aromatic rings. The van der Waals surface area contributed by atoms with Crippen molar-refractivity contribution in [2.45, 2.75) is 0 Å². The van der Waals surface area contributed by atoms with Crippen molar-refractivity contribution in [3.05, 3.63) is 72.5 Å². The molecule has 0 unspecified atom stereocenters. The Kier molecular flexibility index (Phi) is 3.54. The molecule has 0 spiro atoms. The predicted octanol–water partition coefficient (Wildman–Crippen LogP) is 5.29. The van der Waals surface area contributed by atoms with Crippen molar-refractivity contribution in [3.63, 3.8) is 0 Å². The number of hydrogen-bond donors (Lipinski definition) is 2. The van der Waals surface area contributed by atoms with E-state index in [0.29, 0.717) is 0 Å². The van der Waals surface area contributed by atoms with Gasteiger partial charge in [0.05, 0.1) is 16.9 Å². The minimum atomic E-state index is 0.783. The summed E-state index contributed by atoms with van der Waals surface area (Å²) in [4.78, 5) is 18.1. The van der Waals surface area contributed by atoms with Gasteiger partial charge in [-0.1, -0.05) is 6.07 Å². The molecule has 0 fully saturated rings. The van der Waals surface area contributed by atoms with Gasteiger partial charge >= 0.3 is 0 Å². The van der Waals surface area contributed by atoms with E-state index in [9.17, 15) is 0 Å². The molecule has 0 bridgehead atoms. The van der Waals surface area contributed by atoms with E-state index in [-0.39, 0.29) is 0 Å². The molecular weight excluding hydrogens is 380 g/mol. The predicted molar refractivity (Wildman–Crippen MR) is 116 cm³/mol. The summed E-state index contributed by atoms with van der Waals surface area (Å²) >= 11 is 1.72. The molecule has 0 aliphatic rings. The zero-order valence-electron chi connectivity index (χ0n) is 15.1. The lowest BCUT2D eigenvalue weighted by Crippen LogP contribution is -1.86. The van der Waals surface area contributed by atoms with E-state index in [1.165, 1.54) is 4.88 Å². The van der Waals surface area contributed by atoms with Gasteiger partial charge in [0.1, 0.15) is 16.9 Å². The summed E-state index contributed by atoms with van der Waals surface area (Å²) in [6.45, 7) is 0. The Morgan fingerprint density at radius 2 is 1.86 bits per heavy atom. The molecule has 29 heavy (non-hydrogen) atoms. The van der Waals surface area contributed by atoms with Crippen LogP contribution in [0.4, 0.5) is 0 Å². The van der Waals surface area contributed by atoms with Crippen molar-refractivity contribution in [2.75, 3.05) is 0 Å². The molecule has 0 amide bonds. The third kappa shape index (κ3) is 2.63. The molecule has 7 heteroatoms. The number of fused-ring (bicyclic) bond motifs is 2. The van der Waals surface area contributed by atoms with Crippen LogP contribution in [-0.4, -0.2) is 30.1 Å². The molecule has 6 heterocycles. The lowest BCUT2D eigenvalue weighted by atomic mass is 10.1. The van der Waals surface area contributed by atoms with Crippen molar-refractivity contribution >= 4 is 33.4 Å². The maximum Gasteiger partial charge on any atom is 0.138 e. The summed E-state index contributed by atoms with van der Waals surface area (Å²) < 4.78 is 0. The first-order valence-electron chi connectivity index (χ1n) is 9.14. The monoisotopic (exact) mass is 394 g/mol. The number of aromatic nitrogens is 6. The fraction of sp³-hybridized carbons (Fsp3) is 0. The molecule has 6 nitrogen and oxygen atoms in total. The number of rotatable bonds is 3. The second-order valence-electron chi connectivity index (χ2n) is 6.68. The van der Waals surface area contributed by atoms with Crippen LogP contribution >= 0.6 is 11.3 Å². The van der Waals surface area contributed by atoms with Crippen LogP contribution in [-0.2, 0) is 0 Å². The van der Waals surface area contributed by atoms with E-state index in [1.54, 1.807) is 23.7 Å². The Labute approximate surface area is 169 Å². The lowest BCUT2D eigenvalue weighted by Gasteiger charge is -2.00. The smallest absolute Gasteiger partial charge is 0.138 e. The maximum absolute atomic E-state index is 4.86. The van der Waals surface area contributed by atoms with Gasteiger partial charge in [-0.2, -0.15) is 5.10 Å². The van der Waals surface area contributed by atoms with Crippen molar-refractivity contribution < 1.29 is 0 Å². The van der Waals surface area contributed by atoms with Gasteiger partial charge in [0.15, 0.2) is 0 Å². The second-order valence-corrected chi connectivity index (χ2v) is 7.63. The van der Waals surface area contributed by atoms with E-state index in [2.05, 4.69) is 48.7 Å². The van der Waals surface area contributed by atoms with Gasteiger partial charge in [-0.15, -0.1) is 11.3 Å². The Hall–Kier alpha value is -3.84. The Morgan fingerprint density at radius 3 is 2.72 bits per heavy atom. The Morgan fingerprint density at radius 1 is 0.931 bits per heavy atom. The average Bonchev–Trinajstić information content (AvgIpc) is 3.52. The Bertz CT molecular complexity index is 1450. The molecular formula is C22H14N6S. The molecule has 138 valence electrons. The molecule has 0 atom stereocenters. The van der Waals surface area contributed by atoms with Crippen molar-refractivity contribution in [1.29, 1.82) is 0 Å². The lowest BCUT2D eigenvalue weighted by molar-refractivity contribution is 1.12. The standard InChI is InChI=1S/C22H14N6S/c1-2-19(29-11-1)14-7-10-24-22-15(14)12-18(26-22)21-20-17(27-28-21)4-3-16(25-20)13-5-8-23-9-6-13/h1-12H,(H,24,26)(H,27,28). The molecule has 0 saturated heterocycles. The number of nitrogens with zero attached hydrogens (tertiary/aromatic N) is 4. The minimum absolute atomic E-state index is 0.783. The van der Waals surface area contributed by atoms with Crippen molar-refractivity contribution in [1.82, 2.24) is 30.1 Å². The number of pyridine rings is 3. The fourth-order valence-electron chi connectivity index (χ4n) is 3.57. The van der Waals surface area contributed by atoms with E-state index in [1.807, 2.05) is 36.5 Å². The third-order valence-corrected chi connectivity index (χ3v) is 5.86. The number of aromatic amines is 2. The topological polar surface area (TPSA) is 83.1 Å². The SMILES string of the molecule is c1csc(-c2ccnc3[nH]c(-c4n[nH]c5ccc(-c6ccncc6)nc45)cc23)c1. The van der Waals surface area contributed by atoms with Gasteiger partial charge in [-0.3, -0.25) is 10.1 Å². The van der Waals surface area contributed by atoms with E-state index in [0.717, 1.165) is 50.3 Å². The van der Waals surface area contributed by atoms with Gasteiger partial charge in [0.25, 0.3) is 0 Å². The third-order valence-electron chi connectivity index (χ3n) is 4.96. The van der Waals surface area contributed by atoms with Crippen molar-refractivity contribution in [2.24, 2.45) is 0 Å². The van der Waals surface area contributed by atoms with Gasteiger partial charge in [0.2, 0.25) is 0 Å². The Balaban J connectivity index is 1.53. The summed E-state index contributed by atoms with van der Waals surface area (Å²) in [7, 11) is 0. The van der Waals surface area contributed by atoms with E-state index in [4.69, 9.17) is 4.98 Å². The minimum Gasteiger partial charge on any atom is -0.338 e. The molecule has 0 radical (unpaired) electrons. The zero-order valence-corrected chi connectivity index (χ0v) is 15.9. The summed E-state index contributed by atoms with van der Waals surface area (Å²) in [5.41, 5.74) is 7.30. The molecule has 2 N–H and O–H groups in total. The van der Waals surface area contributed by atoms with Gasteiger partial charge in [0, 0.05) is 40.0 Å². The first-order valence-corrected chi connectivity index (χ1v) is 10.0. The van der Waals surface area contributed by atoms with Gasteiger partial charge in [-0.25, -0.2) is 9.97 Å². The normalized spacial score (nSPS) is 11.4. The van der Waals surface area contributed by atoms with E-state index >= 15 is 0 Å². The molecule has 0 aromatic carbocycles. The molecule has 0 aliphatic heterocycles. The van der Waals surface area contributed by atoms with Crippen LogP contribution in [0.5, 0.6) is 0 Å². The highest BCUT2D eigenvalue weighted by atomic mass is 32.1. The number of nitrogens with one attached hydrogen (secondary N) is 2. The average molecular weight is 394 g/mol. The second kappa shape index (κ2) is 6.35. The summed E-state index contributed by atoms with van der Waals surface area (Å²) in [6.07, 6.45) is 5.38. The zero-order chi connectivity index (χ0) is 19.2. The van der Waals surface area contributed by atoms with Crippen LogP contribution in [0.25, 0.3) is 55.2 Å². The van der Waals surface area contributed by atoms with Crippen LogP contribution in [0.2, 0.25) is 0 Å². The van der Waals surface area contributed by atoms with Crippen LogP contribution < -0.4 is 0 Å². The highest BCUT2D eigenvalue weighted by molar-refractivity contribution is 7.13. The van der Waals surface area contributed by atoms with Crippen LogP contribution in [0.15, 0.2) is 72.5 Å². The highest BCUT2D eigenvalue weighted by Gasteiger charge is 2.16. The fourth-order valence-corrected chi connectivity index (χ4v) is 4.34. The quantitative estimate of drug-likeness (QED) is 0.427. The molecule has 0 aliphatic carbocycles. The van der Waals surface area contributed by atoms with E-state index < -0.39 is 0 Å². The first kappa shape index (κ1) is 16.1. The molecule has 6 rings (SSSR count). The van der Waals surface area contributed by atoms with Gasteiger partial charge < -0.3 is 4.98 Å². The summed E-state index contributed by atoms with van der Waals surface area (Å²) in [5.74, 6) is 0. The molecule has 0 saturated carbocycles.